The lowest BCUT2D eigenvalue weighted by Crippen LogP contribution is -2.60. The highest BCUT2D eigenvalue weighted by molar-refractivity contribution is 7.91. The van der Waals surface area contributed by atoms with Crippen molar-refractivity contribution in [2.45, 2.75) is 88.1 Å². The molecule has 37 heavy (non-hydrogen) atoms. The molecular formula is C28H39N3O5S. The zero-order chi connectivity index (χ0) is 26.2. The van der Waals surface area contributed by atoms with Gasteiger partial charge >= 0.3 is 0 Å². The van der Waals surface area contributed by atoms with Crippen LogP contribution < -0.4 is 5.32 Å². The molecule has 1 aromatic carbocycles. The fraction of sp³-hybridized carbons (Fsp3) is 0.679. The summed E-state index contributed by atoms with van der Waals surface area (Å²) in [6, 6.07) is 7.07. The first-order chi connectivity index (χ1) is 17.7. The van der Waals surface area contributed by atoms with E-state index >= 15 is 0 Å². The van der Waals surface area contributed by atoms with Crippen LogP contribution in [-0.4, -0.2) is 73.4 Å². The molecule has 2 unspecified atom stereocenters. The molecular weight excluding hydrogens is 490 g/mol. The summed E-state index contributed by atoms with van der Waals surface area (Å²) in [5, 5.41) is 3.29. The second-order valence-corrected chi connectivity index (χ2v) is 13.7. The van der Waals surface area contributed by atoms with Crippen LogP contribution in [0.3, 0.4) is 0 Å². The number of sulfone groups is 1. The number of nitrogens with one attached hydrogen (secondary N) is 1. The van der Waals surface area contributed by atoms with Gasteiger partial charge in [-0.3, -0.25) is 14.4 Å². The first-order valence-electron chi connectivity index (χ1n) is 13.9. The van der Waals surface area contributed by atoms with Crippen LogP contribution in [0.1, 0.15) is 70.3 Å². The average molecular weight is 530 g/mol. The molecule has 4 aliphatic rings. The molecule has 2 aliphatic heterocycles. The maximum Gasteiger partial charge on any atom is 0.226 e. The van der Waals surface area contributed by atoms with E-state index < -0.39 is 9.84 Å². The van der Waals surface area contributed by atoms with Gasteiger partial charge in [0.05, 0.1) is 23.0 Å². The molecule has 5 rings (SSSR count). The van der Waals surface area contributed by atoms with Crippen molar-refractivity contribution in [3.05, 3.63) is 29.8 Å². The summed E-state index contributed by atoms with van der Waals surface area (Å²) in [4.78, 5) is 42.7. The van der Waals surface area contributed by atoms with Crippen LogP contribution in [0.5, 0.6) is 0 Å². The summed E-state index contributed by atoms with van der Waals surface area (Å²) in [5.74, 6) is 0.0113. The minimum absolute atomic E-state index is 0.0185. The van der Waals surface area contributed by atoms with E-state index in [1.165, 1.54) is 12.8 Å². The molecule has 4 fully saturated rings. The van der Waals surface area contributed by atoms with Crippen molar-refractivity contribution in [2.75, 3.05) is 25.4 Å². The number of carbonyl (C=O) groups excluding carboxylic acids is 3. The highest BCUT2D eigenvalue weighted by atomic mass is 32.2. The number of benzene rings is 1. The number of hydrogen-bond donors (Lipinski definition) is 1. The predicted octanol–water partition coefficient (Wildman–Crippen LogP) is 2.70. The third-order valence-corrected chi connectivity index (χ3v) is 11.2. The molecule has 8 nitrogen and oxygen atoms in total. The molecule has 1 N–H and O–H groups in total. The minimum atomic E-state index is -3.25. The summed E-state index contributed by atoms with van der Waals surface area (Å²) in [7, 11) is -3.25. The highest BCUT2D eigenvalue weighted by Gasteiger charge is 2.50. The monoisotopic (exact) mass is 529 g/mol. The maximum atomic E-state index is 13.1. The summed E-state index contributed by atoms with van der Waals surface area (Å²) < 4.78 is 24.0. The van der Waals surface area contributed by atoms with E-state index in [0.717, 1.165) is 44.1 Å². The zero-order valence-electron chi connectivity index (χ0n) is 21.8. The van der Waals surface area contributed by atoms with Crippen molar-refractivity contribution >= 4 is 27.6 Å². The molecule has 1 aromatic rings. The second-order valence-electron chi connectivity index (χ2n) is 11.5. The SMILES string of the molecule is CCS(=O)(=O)c1ccc(CC(=O)N2CCC3(CCC3NC(=O)C3CC(=O)N(C4CCCC4)C3)CC2)cc1. The van der Waals surface area contributed by atoms with Crippen molar-refractivity contribution < 1.29 is 22.8 Å². The molecule has 1 spiro atoms. The Morgan fingerprint density at radius 1 is 1.03 bits per heavy atom. The molecule has 0 bridgehead atoms. The van der Waals surface area contributed by atoms with Crippen LogP contribution >= 0.6 is 0 Å². The third kappa shape index (κ3) is 5.29. The van der Waals surface area contributed by atoms with Gasteiger partial charge in [0.2, 0.25) is 17.7 Å². The van der Waals surface area contributed by atoms with Gasteiger partial charge in [-0.05, 0) is 61.6 Å². The van der Waals surface area contributed by atoms with Crippen molar-refractivity contribution in [1.82, 2.24) is 15.1 Å². The van der Waals surface area contributed by atoms with E-state index in [-0.39, 0.29) is 52.2 Å². The predicted molar refractivity (Wildman–Crippen MR) is 139 cm³/mol. The van der Waals surface area contributed by atoms with Crippen LogP contribution in [-0.2, 0) is 30.6 Å². The first-order valence-corrected chi connectivity index (χ1v) is 15.6. The van der Waals surface area contributed by atoms with Gasteiger partial charge in [0.1, 0.15) is 0 Å². The fourth-order valence-electron chi connectivity index (χ4n) is 6.76. The Balaban J connectivity index is 1.10. The van der Waals surface area contributed by atoms with Gasteiger partial charge in [0.25, 0.3) is 0 Å². The summed E-state index contributed by atoms with van der Waals surface area (Å²) >= 11 is 0. The molecule has 3 amide bonds. The number of rotatable bonds is 7. The number of carbonyl (C=O) groups is 3. The Morgan fingerprint density at radius 3 is 2.30 bits per heavy atom. The van der Waals surface area contributed by atoms with Gasteiger partial charge in [-0.1, -0.05) is 31.9 Å². The van der Waals surface area contributed by atoms with Crippen molar-refractivity contribution in [1.29, 1.82) is 0 Å². The molecule has 202 valence electrons. The number of amides is 3. The van der Waals surface area contributed by atoms with E-state index in [2.05, 4.69) is 5.32 Å². The fourth-order valence-corrected chi connectivity index (χ4v) is 7.64. The van der Waals surface area contributed by atoms with Gasteiger partial charge in [-0.15, -0.1) is 0 Å². The third-order valence-electron chi connectivity index (χ3n) is 9.41. The molecule has 2 saturated carbocycles. The molecule has 0 aromatic heterocycles. The summed E-state index contributed by atoms with van der Waals surface area (Å²) in [5.41, 5.74) is 0.864. The van der Waals surface area contributed by atoms with E-state index in [1.54, 1.807) is 31.2 Å². The largest absolute Gasteiger partial charge is 0.353 e. The minimum Gasteiger partial charge on any atom is -0.353 e. The smallest absolute Gasteiger partial charge is 0.226 e. The lowest BCUT2D eigenvalue weighted by Gasteiger charge is -2.54. The molecule has 2 saturated heterocycles. The molecule has 2 aliphatic carbocycles. The number of likely N-dealkylation sites (tertiary alicyclic amines) is 2. The number of piperidine rings is 1. The van der Waals surface area contributed by atoms with Crippen molar-refractivity contribution in [2.24, 2.45) is 11.3 Å². The summed E-state index contributed by atoms with van der Waals surface area (Å²) in [6.07, 6.45) is 8.81. The Kier molecular flexibility index (Phi) is 7.35. The van der Waals surface area contributed by atoms with Gasteiger partial charge in [0.15, 0.2) is 9.84 Å². The maximum absolute atomic E-state index is 13.1. The highest BCUT2D eigenvalue weighted by Crippen LogP contribution is 2.49. The lowest BCUT2D eigenvalue weighted by molar-refractivity contribution is -0.137. The van der Waals surface area contributed by atoms with Crippen molar-refractivity contribution in [3.63, 3.8) is 0 Å². The van der Waals surface area contributed by atoms with Gasteiger partial charge < -0.3 is 15.1 Å². The topological polar surface area (TPSA) is 104 Å². The quantitative estimate of drug-likeness (QED) is 0.585. The zero-order valence-corrected chi connectivity index (χ0v) is 22.6. The van der Waals surface area contributed by atoms with Crippen LogP contribution in [0.15, 0.2) is 29.2 Å². The molecule has 2 heterocycles. The Morgan fingerprint density at radius 2 is 1.70 bits per heavy atom. The van der Waals surface area contributed by atoms with Crippen molar-refractivity contribution in [3.8, 4) is 0 Å². The van der Waals surface area contributed by atoms with Gasteiger partial charge in [0, 0.05) is 38.1 Å². The van der Waals surface area contributed by atoms with Crippen LogP contribution in [0.25, 0.3) is 0 Å². The second kappa shape index (κ2) is 10.4. The van der Waals surface area contributed by atoms with Crippen LogP contribution in [0.4, 0.5) is 0 Å². The molecule has 9 heteroatoms. The lowest BCUT2D eigenvalue weighted by atomic mass is 9.59. The molecule has 0 radical (unpaired) electrons. The van der Waals surface area contributed by atoms with E-state index in [9.17, 15) is 22.8 Å². The van der Waals surface area contributed by atoms with Crippen LogP contribution in [0.2, 0.25) is 0 Å². The standard InChI is InChI=1S/C28H39N3O5S/c1-2-37(35,36)23-9-7-20(8-10-23)17-25(32)30-15-13-28(14-16-30)12-11-24(28)29-27(34)21-18-26(33)31(19-21)22-5-3-4-6-22/h7-10,21-22,24H,2-6,11-19H2,1H3,(H,29,34). The Labute approximate surface area is 220 Å². The summed E-state index contributed by atoms with van der Waals surface area (Å²) in [6.45, 7) is 3.52. The average Bonchev–Trinajstić information content (AvgIpc) is 3.56. The molecule has 2 atom stereocenters. The normalized spacial score (nSPS) is 25.9. The van der Waals surface area contributed by atoms with E-state index in [1.807, 2.05) is 9.80 Å². The van der Waals surface area contributed by atoms with Crippen LogP contribution in [0, 0.1) is 11.3 Å². The van der Waals surface area contributed by atoms with E-state index in [0.29, 0.717) is 32.1 Å². The Bertz CT molecular complexity index is 1130. The number of nitrogens with zero attached hydrogens (tertiary/aromatic N) is 2. The number of hydrogen-bond acceptors (Lipinski definition) is 5. The van der Waals surface area contributed by atoms with Gasteiger partial charge in [-0.2, -0.15) is 0 Å². The van der Waals surface area contributed by atoms with E-state index in [4.69, 9.17) is 0 Å². The first kappa shape index (κ1) is 26.2. The Hall–Kier alpha value is -2.42. The van der Waals surface area contributed by atoms with Gasteiger partial charge in [-0.25, -0.2) is 8.42 Å².